The van der Waals surface area contributed by atoms with Crippen LogP contribution in [0.5, 0.6) is 0 Å². The van der Waals surface area contributed by atoms with E-state index in [4.69, 9.17) is 9.97 Å². The fourth-order valence-electron chi connectivity index (χ4n) is 3.70. The molecule has 0 saturated heterocycles. The molecule has 0 saturated carbocycles. The van der Waals surface area contributed by atoms with E-state index in [1.165, 1.54) is 16.3 Å². The van der Waals surface area contributed by atoms with Gasteiger partial charge in [-0.1, -0.05) is 78.9 Å². The van der Waals surface area contributed by atoms with Crippen LogP contribution in [0.3, 0.4) is 0 Å². The van der Waals surface area contributed by atoms with Gasteiger partial charge in [0, 0.05) is 10.9 Å². The highest BCUT2D eigenvalue weighted by Gasteiger charge is 2.13. The minimum absolute atomic E-state index is 0.789. The standard InChI is InChI=1S/C25H18N2/c1-17-26-23-13-7-12-22(21-15-14-18-8-5-6-11-20(18)16-21)24(23)25(27-17)19-9-3-2-4-10-19/h2-16H,1H3. The number of nitrogens with zero attached hydrogens (tertiary/aromatic N) is 2. The zero-order valence-electron chi connectivity index (χ0n) is 15.1. The maximum atomic E-state index is 4.81. The molecule has 27 heavy (non-hydrogen) atoms. The lowest BCUT2D eigenvalue weighted by atomic mass is 9.95. The van der Waals surface area contributed by atoms with Gasteiger partial charge >= 0.3 is 0 Å². The van der Waals surface area contributed by atoms with Crippen LogP contribution in [0, 0.1) is 6.92 Å². The molecule has 0 aliphatic heterocycles. The van der Waals surface area contributed by atoms with Crippen LogP contribution in [0.4, 0.5) is 0 Å². The molecule has 0 N–H and O–H groups in total. The van der Waals surface area contributed by atoms with Crippen molar-refractivity contribution < 1.29 is 0 Å². The quantitative estimate of drug-likeness (QED) is 0.368. The van der Waals surface area contributed by atoms with Crippen molar-refractivity contribution in [1.82, 2.24) is 9.97 Å². The van der Waals surface area contributed by atoms with Crippen LogP contribution in [0.25, 0.3) is 44.1 Å². The molecule has 4 aromatic carbocycles. The summed E-state index contributed by atoms with van der Waals surface area (Å²) in [5, 5.41) is 3.59. The highest BCUT2D eigenvalue weighted by atomic mass is 14.9. The molecular weight excluding hydrogens is 328 g/mol. The lowest BCUT2D eigenvalue weighted by Gasteiger charge is -2.13. The molecule has 0 fully saturated rings. The first-order chi connectivity index (χ1) is 13.3. The number of rotatable bonds is 2. The second-order valence-corrected chi connectivity index (χ2v) is 6.75. The predicted molar refractivity (Wildman–Crippen MR) is 113 cm³/mol. The maximum Gasteiger partial charge on any atom is 0.126 e. The van der Waals surface area contributed by atoms with Crippen molar-refractivity contribution in [2.45, 2.75) is 6.92 Å². The van der Waals surface area contributed by atoms with E-state index < -0.39 is 0 Å². The van der Waals surface area contributed by atoms with Gasteiger partial charge in [0.1, 0.15) is 5.82 Å². The van der Waals surface area contributed by atoms with Crippen LogP contribution in [0.2, 0.25) is 0 Å². The Bertz CT molecular complexity index is 1270. The van der Waals surface area contributed by atoms with E-state index in [1.807, 2.05) is 13.0 Å². The summed E-state index contributed by atoms with van der Waals surface area (Å²) in [6, 6.07) is 31.7. The average Bonchev–Trinajstić information content (AvgIpc) is 2.73. The van der Waals surface area contributed by atoms with Crippen LogP contribution < -0.4 is 0 Å². The Morgan fingerprint density at radius 1 is 0.593 bits per heavy atom. The maximum absolute atomic E-state index is 4.81. The van der Waals surface area contributed by atoms with Crippen molar-refractivity contribution in [3.8, 4) is 22.4 Å². The number of aromatic nitrogens is 2. The Kier molecular flexibility index (Phi) is 3.68. The van der Waals surface area contributed by atoms with Crippen molar-refractivity contribution in [2.75, 3.05) is 0 Å². The monoisotopic (exact) mass is 346 g/mol. The molecule has 0 bridgehead atoms. The van der Waals surface area contributed by atoms with E-state index in [2.05, 4.69) is 84.9 Å². The molecule has 0 amide bonds. The van der Waals surface area contributed by atoms with Gasteiger partial charge < -0.3 is 0 Å². The van der Waals surface area contributed by atoms with Gasteiger partial charge in [-0.25, -0.2) is 9.97 Å². The first-order valence-electron chi connectivity index (χ1n) is 9.11. The Morgan fingerprint density at radius 3 is 2.22 bits per heavy atom. The number of benzene rings is 4. The summed E-state index contributed by atoms with van der Waals surface area (Å²) in [4.78, 5) is 9.51. The predicted octanol–water partition coefficient (Wildman–Crippen LogP) is 6.43. The van der Waals surface area contributed by atoms with Crippen molar-refractivity contribution >= 4 is 21.7 Å². The molecule has 0 spiro atoms. The van der Waals surface area contributed by atoms with Crippen LogP contribution in [0.15, 0.2) is 91.0 Å². The van der Waals surface area contributed by atoms with E-state index in [1.54, 1.807) is 0 Å². The minimum Gasteiger partial charge on any atom is -0.233 e. The van der Waals surface area contributed by atoms with E-state index >= 15 is 0 Å². The summed E-state index contributed by atoms with van der Waals surface area (Å²) in [5.41, 5.74) is 5.43. The summed E-state index contributed by atoms with van der Waals surface area (Å²) in [5.74, 6) is 0.789. The third kappa shape index (κ3) is 2.76. The molecule has 2 heteroatoms. The first-order valence-corrected chi connectivity index (χ1v) is 9.11. The molecule has 5 rings (SSSR count). The largest absolute Gasteiger partial charge is 0.233 e. The highest BCUT2D eigenvalue weighted by molar-refractivity contribution is 6.04. The number of aryl methyl sites for hydroxylation is 1. The summed E-state index contributed by atoms with van der Waals surface area (Å²) >= 11 is 0. The van der Waals surface area contributed by atoms with Crippen molar-refractivity contribution in [2.24, 2.45) is 0 Å². The third-order valence-electron chi connectivity index (χ3n) is 4.94. The van der Waals surface area contributed by atoms with Gasteiger partial charge in [-0.3, -0.25) is 0 Å². The van der Waals surface area contributed by atoms with Gasteiger partial charge in [0.2, 0.25) is 0 Å². The topological polar surface area (TPSA) is 25.8 Å². The molecule has 0 radical (unpaired) electrons. The zero-order valence-corrected chi connectivity index (χ0v) is 15.1. The van der Waals surface area contributed by atoms with Crippen LogP contribution in [0.1, 0.15) is 5.82 Å². The Hall–Kier alpha value is -3.52. The van der Waals surface area contributed by atoms with Crippen molar-refractivity contribution in [3.05, 3.63) is 96.8 Å². The molecule has 5 aromatic rings. The van der Waals surface area contributed by atoms with Gasteiger partial charge in [-0.05, 0) is 41.0 Å². The Balaban J connectivity index is 1.84. The van der Waals surface area contributed by atoms with E-state index in [0.717, 1.165) is 33.5 Å². The summed E-state index contributed by atoms with van der Waals surface area (Å²) in [6.45, 7) is 1.95. The van der Waals surface area contributed by atoms with Crippen LogP contribution in [-0.4, -0.2) is 9.97 Å². The molecule has 0 unspecified atom stereocenters. The lowest BCUT2D eigenvalue weighted by Crippen LogP contribution is -1.96. The van der Waals surface area contributed by atoms with Crippen LogP contribution in [-0.2, 0) is 0 Å². The van der Waals surface area contributed by atoms with E-state index in [9.17, 15) is 0 Å². The fourth-order valence-corrected chi connectivity index (χ4v) is 3.70. The lowest BCUT2D eigenvalue weighted by molar-refractivity contribution is 1.10. The van der Waals surface area contributed by atoms with Gasteiger partial charge in [0.25, 0.3) is 0 Å². The van der Waals surface area contributed by atoms with Gasteiger partial charge in [-0.15, -0.1) is 0 Å². The zero-order chi connectivity index (χ0) is 18.2. The second-order valence-electron chi connectivity index (χ2n) is 6.75. The van der Waals surface area contributed by atoms with Gasteiger partial charge in [-0.2, -0.15) is 0 Å². The van der Waals surface area contributed by atoms with E-state index in [-0.39, 0.29) is 0 Å². The van der Waals surface area contributed by atoms with Gasteiger partial charge in [0.15, 0.2) is 0 Å². The molecule has 128 valence electrons. The Labute approximate surface area is 158 Å². The highest BCUT2D eigenvalue weighted by Crippen LogP contribution is 2.35. The molecule has 1 aromatic heterocycles. The first kappa shape index (κ1) is 15.7. The molecule has 0 atom stereocenters. The molecule has 0 aliphatic carbocycles. The summed E-state index contributed by atoms with van der Waals surface area (Å²) in [6.07, 6.45) is 0. The molecule has 0 aliphatic rings. The Morgan fingerprint density at radius 2 is 1.37 bits per heavy atom. The summed E-state index contributed by atoms with van der Waals surface area (Å²) < 4.78 is 0. The normalized spacial score (nSPS) is 11.1. The van der Waals surface area contributed by atoms with Crippen molar-refractivity contribution in [1.29, 1.82) is 0 Å². The SMILES string of the molecule is Cc1nc(-c2ccccc2)c2c(-c3ccc4ccccc4c3)cccc2n1. The van der Waals surface area contributed by atoms with Crippen LogP contribution >= 0.6 is 0 Å². The molecule has 1 heterocycles. The fraction of sp³-hybridized carbons (Fsp3) is 0.0400. The van der Waals surface area contributed by atoms with Gasteiger partial charge in [0.05, 0.1) is 11.2 Å². The van der Waals surface area contributed by atoms with Crippen molar-refractivity contribution in [3.63, 3.8) is 0 Å². The van der Waals surface area contributed by atoms with E-state index in [0.29, 0.717) is 0 Å². The third-order valence-corrected chi connectivity index (χ3v) is 4.94. The molecular formula is C25H18N2. The smallest absolute Gasteiger partial charge is 0.126 e. The average molecular weight is 346 g/mol. The number of hydrogen-bond donors (Lipinski definition) is 0. The molecule has 2 nitrogen and oxygen atoms in total. The summed E-state index contributed by atoms with van der Waals surface area (Å²) in [7, 11) is 0. The second kappa shape index (κ2) is 6.33. The number of fused-ring (bicyclic) bond motifs is 2. The number of hydrogen-bond acceptors (Lipinski definition) is 2. The minimum atomic E-state index is 0.789.